The Bertz CT molecular complexity index is 1530. The summed E-state index contributed by atoms with van der Waals surface area (Å²) >= 11 is 0. The molecule has 2 aromatic carbocycles. The van der Waals surface area contributed by atoms with Crippen LogP contribution in [0.5, 0.6) is 0 Å². The Morgan fingerprint density at radius 1 is 0.903 bits per heavy atom. The number of anilines is 1. The SMILES string of the molecule is Cc1c(/C(N)=C(\C=N)c2cnc3c(c2)cc(N)c2cccnc23)ccc2cccnc12. The molecule has 6 nitrogen and oxygen atoms in total. The first kappa shape index (κ1) is 18.7. The Labute approximate surface area is 178 Å². The zero-order chi connectivity index (χ0) is 21.5. The van der Waals surface area contributed by atoms with E-state index in [-0.39, 0.29) is 0 Å². The predicted molar refractivity (Wildman–Crippen MR) is 128 cm³/mol. The molecule has 0 saturated heterocycles. The highest BCUT2D eigenvalue weighted by atomic mass is 14.7. The third kappa shape index (κ3) is 2.97. The van der Waals surface area contributed by atoms with Gasteiger partial charge in [-0.3, -0.25) is 15.0 Å². The van der Waals surface area contributed by atoms with Gasteiger partial charge in [-0.2, -0.15) is 0 Å². The van der Waals surface area contributed by atoms with Crippen LogP contribution in [0.15, 0.2) is 67.1 Å². The van der Waals surface area contributed by atoms with Crippen molar-refractivity contribution in [3.05, 3.63) is 83.8 Å². The van der Waals surface area contributed by atoms with E-state index in [0.717, 1.165) is 49.4 Å². The van der Waals surface area contributed by atoms with E-state index in [1.807, 2.05) is 55.5 Å². The number of hydrogen-bond acceptors (Lipinski definition) is 6. The highest BCUT2D eigenvalue weighted by Gasteiger charge is 2.14. The maximum absolute atomic E-state index is 8.05. The lowest BCUT2D eigenvalue weighted by Gasteiger charge is -2.13. The Hall–Kier alpha value is -4.32. The van der Waals surface area contributed by atoms with Crippen molar-refractivity contribution >= 4 is 55.9 Å². The summed E-state index contributed by atoms with van der Waals surface area (Å²) in [7, 11) is 0. The van der Waals surface area contributed by atoms with Crippen LogP contribution in [0.3, 0.4) is 0 Å². The van der Waals surface area contributed by atoms with Crippen LogP contribution in [0.1, 0.15) is 16.7 Å². The van der Waals surface area contributed by atoms with Gasteiger partial charge in [-0.15, -0.1) is 0 Å². The Kier molecular flexibility index (Phi) is 4.33. The lowest BCUT2D eigenvalue weighted by Crippen LogP contribution is -2.05. The molecule has 6 heteroatoms. The first-order chi connectivity index (χ1) is 15.1. The number of hydrogen-bond donors (Lipinski definition) is 3. The van der Waals surface area contributed by atoms with E-state index in [2.05, 4.69) is 15.0 Å². The summed E-state index contributed by atoms with van der Waals surface area (Å²) in [5.74, 6) is 0. The molecule has 3 heterocycles. The first-order valence-electron chi connectivity index (χ1n) is 9.86. The van der Waals surface area contributed by atoms with Crippen molar-refractivity contribution in [1.82, 2.24) is 15.0 Å². The summed E-state index contributed by atoms with van der Waals surface area (Å²) in [5, 5.41) is 10.8. The fraction of sp³-hybridized carbons (Fsp3) is 0.0400. The monoisotopic (exact) mass is 404 g/mol. The number of nitrogens with zero attached hydrogens (tertiary/aromatic N) is 3. The number of pyridine rings is 3. The Morgan fingerprint density at radius 2 is 1.68 bits per heavy atom. The molecule has 0 bridgehead atoms. The number of aryl methyl sites for hydroxylation is 1. The molecule has 0 saturated carbocycles. The summed E-state index contributed by atoms with van der Waals surface area (Å²) in [6, 6.07) is 15.5. The fourth-order valence-corrected chi connectivity index (χ4v) is 4.05. The maximum Gasteiger partial charge on any atom is 0.0985 e. The highest BCUT2D eigenvalue weighted by Crippen LogP contribution is 2.31. The molecule has 0 atom stereocenters. The van der Waals surface area contributed by atoms with Gasteiger partial charge in [-0.1, -0.05) is 18.2 Å². The van der Waals surface area contributed by atoms with E-state index in [1.165, 1.54) is 6.21 Å². The average Bonchev–Trinajstić information content (AvgIpc) is 2.80. The van der Waals surface area contributed by atoms with Crippen LogP contribution < -0.4 is 11.5 Å². The van der Waals surface area contributed by atoms with Gasteiger partial charge < -0.3 is 16.9 Å². The third-order valence-corrected chi connectivity index (χ3v) is 5.63. The molecule has 0 aliphatic heterocycles. The summed E-state index contributed by atoms with van der Waals surface area (Å²) in [6.45, 7) is 2.00. The van der Waals surface area contributed by atoms with Gasteiger partial charge in [0.2, 0.25) is 0 Å². The van der Waals surface area contributed by atoms with Gasteiger partial charge in [-0.05, 0) is 42.8 Å². The molecule has 5 aromatic rings. The summed E-state index contributed by atoms with van der Waals surface area (Å²) < 4.78 is 0. The molecular formula is C25H20N6. The summed E-state index contributed by atoms with van der Waals surface area (Å²) in [6.07, 6.45) is 6.50. The number of fused-ring (bicyclic) bond motifs is 4. The van der Waals surface area contributed by atoms with Gasteiger partial charge in [-0.25, -0.2) is 0 Å². The average molecular weight is 404 g/mol. The quantitative estimate of drug-likeness (QED) is 0.229. The van der Waals surface area contributed by atoms with Gasteiger partial charge in [0.05, 0.1) is 16.6 Å². The number of nitrogens with one attached hydrogen (secondary N) is 1. The summed E-state index contributed by atoms with van der Waals surface area (Å²) in [4.78, 5) is 13.6. The van der Waals surface area contributed by atoms with Crippen molar-refractivity contribution in [2.75, 3.05) is 5.73 Å². The second-order valence-electron chi connectivity index (χ2n) is 7.45. The number of rotatable bonds is 3. The van der Waals surface area contributed by atoms with Crippen LogP contribution in [-0.4, -0.2) is 21.2 Å². The molecule has 5 N–H and O–H groups in total. The topological polar surface area (TPSA) is 115 Å². The normalized spacial score (nSPS) is 12.3. The number of nitrogen functional groups attached to an aromatic ring is 1. The lowest BCUT2D eigenvalue weighted by atomic mass is 9.96. The molecular weight excluding hydrogens is 384 g/mol. The van der Waals surface area contributed by atoms with Gasteiger partial charge in [0, 0.05) is 69.0 Å². The molecule has 0 spiro atoms. The van der Waals surface area contributed by atoms with Crippen molar-refractivity contribution in [1.29, 1.82) is 5.41 Å². The second kappa shape index (κ2) is 7.18. The van der Waals surface area contributed by atoms with E-state index >= 15 is 0 Å². The van der Waals surface area contributed by atoms with Crippen molar-refractivity contribution in [3.63, 3.8) is 0 Å². The van der Waals surface area contributed by atoms with Gasteiger partial charge in [0.1, 0.15) is 0 Å². The van der Waals surface area contributed by atoms with E-state index in [1.54, 1.807) is 18.6 Å². The smallest absolute Gasteiger partial charge is 0.0985 e. The molecule has 150 valence electrons. The number of aromatic nitrogens is 3. The van der Waals surface area contributed by atoms with E-state index < -0.39 is 0 Å². The van der Waals surface area contributed by atoms with Crippen LogP contribution in [0.2, 0.25) is 0 Å². The standard InChI is InChI=1S/C25H20N6/c1-14-18(7-6-15-4-2-8-29-23(14)15)22(28)20(12-26)17-10-16-11-21(27)19-5-3-9-30-25(19)24(16)31-13-17/h2-13,26H,27-28H2,1H3/b22-20-,26-12?. The highest BCUT2D eigenvalue weighted by molar-refractivity contribution is 6.19. The molecule has 5 rings (SSSR count). The van der Waals surface area contributed by atoms with Crippen LogP contribution in [0.4, 0.5) is 5.69 Å². The molecule has 0 amide bonds. The van der Waals surface area contributed by atoms with Gasteiger partial charge in [0.15, 0.2) is 0 Å². The largest absolute Gasteiger partial charge is 0.398 e. The number of nitrogens with two attached hydrogens (primary N) is 2. The molecule has 3 aromatic heterocycles. The second-order valence-corrected chi connectivity index (χ2v) is 7.45. The molecule has 0 aliphatic rings. The van der Waals surface area contributed by atoms with Crippen LogP contribution >= 0.6 is 0 Å². The van der Waals surface area contributed by atoms with E-state index in [4.69, 9.17) is 16.9 Å². The molecule has 0 fully saturated rings. The number of allylic oxidation sites excluding steroid dienone is 1. The summed E-state index contributed by atoms with van der Waals surface area (Å²) in [5.41, 5.74) is 19.6. The van der Waals surface area contributed by atoms with Crippen molar-refractivity contribution < 1.29 is 0 Å². The molecule has 0 aliphatic carbocycles. The Balaban J connectivity index is 1.72. The van der Waals surface area contributed by atoms with Crippen molar-refractivity contribution in [2.45, 2.75) is 6.92 Å². The van der Waals surface area contributed by atoms with Crippen LogP contribution in [0, 0.1) is 12.3 Å². The predicted octanol–water partition coefficient (Wildman–Crippen LogP) is 4.70. The molecule has 0 radical (unpaired) electrons. The van der Waals surface area contributed by atoms with Crippen LogP contribution in [0.25, 0.3) is 44.0 Å². The van der Waals surface area contributed by atoms with Gasteiger partial charge in [0.25, 0.3) is 0 Å². The lowest BCUT2D eigenvalue weighted by molar-refractivity contribution is 1.34. The van der Waals surface area contributed by atoms with E-state index in [0.29, 0.717) is 17.0 Å². The number of benzene rings is 2. The minimum atomic E-state index is 0.507. The van der Waals surface area contributed by atoms with Crippen molar-refractivity contribution in [3.8, 4) is 0 Å². The Morgan fingerprint density at radius 3 is 2.48 bits per heavy atom. The van der Waals surface area contributed by atoms with E-state index in [9.17, 15) is 0 Å². The zero-order valence-corrected chi connectivity index (χ0v) is 16.9. The fourth-order valence-electron chi connectivity index (χ4n) is 4.05. The maximum atomic E-state index is 8.05. The third-order valence-electron chi connectivity index (χ3n) is 5.63. The minimum Gasteiger partial charge on any atom is -0.398 e. The van der Waals surface area contributed by atoms with Crippen LogP contribution in [-0.2, 0) is 0 Å². The molecule has 0 unspecified atom stereocenters. The molecule has 31 heavy (non-hydrogen) atoms. The minimum absolute atomic E-state index is 0.507. The van der Waals surface area contributed by atoms with Gasteiger partial charge >= 0.3 is 0 Å². The van der Waals surface area contributed by atoms with Crippen molar-refractivity contribution in [2.24, 2.45) is 5.73 Å². The zero-order valence-electron chi connectivity index (χ0n) is 16.9. The first-order valence-corrected chi connectivity index (χ1v) is 9.86.